The van der Waals surface area contributed by atoms with E-state index >= 15 is 0 Å². The second kappa shape index (κ2) is 4.85. The lowest BCUT2D eigenvalue weighted by atomic mass is 10.1. The van der Waals surface area contributed by atoms with Crippen molar-refractivity contribution in [1.29, 1.82) is 0 Å². The molecule has 0 radical (unpaired) electrons. The number of thiol groups is 1. The minimum Gasteiger partial charge on any atom is -0.508 e. The van der Waals surface area contributed by atoms with Crippen LogP contribution in [0, 0.1) is 16.0 Å². The maximum Gasteiger partial charge on any atom is 0.296 e. The highest BCUT2D eigenvalue weighted by atomic mass is 32.1. The van der Waals surface area contributed by atoms with Gasteiger partial charge in [0, 0.05) is 13.0 Å². The number of anilines is 1. The summed E-state index contributed by atoms with van der Waals surface area (Å²) in [5.74, 6) is 0.327. The Morgan fingerprint density at radius 3 is 2.83 bits per heavy atom. The first-order chi connectivity index (χ1) is 8.52. The molecule has 1 atom stereocenters. The predicted molar refractivity (Wildman–Crippen MR) is 69.1 cm³/mol. The van der Waals surface area contributed by atoms with Crippen LogP contribution in [0.2, 0.25) is 0 Å². The van der Waals surface area contributed by atoms with Gasteiger partial charge in [-0.2, -0.15) is 12.6 Å². The lowest BCUT2D eigenvalue weighted by Crippen LogP contribution is -2.25. The van der Waals surface area contributed by atoms with Crippen LogP contribution in [0.1, 0.15) is 6.42 Å². The number of rotatable bonds is 3. The molecule has 1 aromatic rings. The Morgan fingerprint density at radius 2 is 2.28 bits per heavy atom. The number of hydrogen-bond acceptors (Lipinski definition) is 5. The molecule has 1 amide bonds. The standard InChI is InChI=1S/C11H12N2O4S/c14-8-1-2-9(10(4-8)13(16)17)12-5-7(6-18)3-11(12)15/h1-2,4,7,14,18H,3,5-6H2. The summed E-state index contributed by atoms with van der Waals surface area (Å²) in [6.45, 7) is 0.425. The van der Waals surface area contributed by atoms with Crippen molar-refractivity contribution in [2.75, 3.05) is 17.2 Å². The van der Waals surface area contributed by atoms with Crippen LogP contribution < -0.4 is 4.90 Å². The SMILES string of the molecule is O=C1CC(CS)CN1c1ccc(O)cc1[N+](=O)[O-]. The maximum absolute atomic E-state index is 11.8. The van der Waals surface area contributed by atoms with Gasteiger partial charge in [0.1, 0.15) is 11.4 Å². The van der Waals surface area contributed by atoms with Crippen LogP contribution in [-0.2, 0) is 4.79 Å². The summed E-state index contributed by atoms with van der Waals surface area (Å²) in [5, 5.41) is 20.2. The van der Waals surface area contributed by atoms with E-state index < -0.39 is 4.92 Å². The van der Waals surface area contributed by atoms with Crippen molar-refractivity contribution < 1.29 is 14.8 Å². The van der Waals surface area contributed by atoms with Crippen molar-refractivity contribution in [3.8, 4) is 5.75 Å². The van der Waals surface area contributed by atoms with Crippen molar-refractivity contribution in [3.63, 3.8) is 0 Å². The number of amides is 1. The van der Waals surface area contributed by atoms with Gasteiger partial charge in [-0.1, -0.05) is 0 Å². The van der Waals surface area contributed by atoms with E-state index in [1.54, 1.807) is 0 Å². The normalized spacial score (nSPS) is 19.3. The average Bonchev–Trinajstić information content (AvgIpc) is 2.70. The number of nitrogens with zero attached hydrogens (tertiary/aromatic N) is 2. The molecule has 1 aromatic carbocycles. The molecule has 0 spiro atoms. The molecule has 0 aromatic heterocycles. The first-order valence-electron chi connectivity index (χ1n) is 5.41. The summed E-state index contributed by atoms with van der Waals surface area (Å²) in [6.07, 6.45) is 0.349. The van der Waals surface area contributed by atoms with E-state index in [1.165, 1.54) is 17.0 Å². The fourth-order valence-electron chi connectivity index (χ4n) is 2.02. The summed E-state index contributed by atoms with van der Waals surface area (Å²) in [7, 11) is 0. The van der Waals surface area contributed by atoms with Gasteiger partial charge in [0.25, 0.3) is 5.69 Å². The molecule has 0 bridgehead atoms. The number of phenolic OH excluding ortho intramolecular Hbond substituents is 1. The molecule has 1 N–H and O–H groups in total. The Labute approximate surface area is 109 Å². The van der Waals surface area contributed by atoms with Gasteiger partial charge in [-0.05, 0) is 23.8 Å². The van der Waals surface area contributed by atoms with E-state index in [0.29, 0.717) is 18.7 Å². The molecule has 7 heteroatoms. The average molecular weight is 268 g/mol. The van der Waals surface area contributed by atoms with Crippen LogP contribution in [0.4, 0.5) is 11.4 Å². The highest BCUT2D eigenvalue weighted by Crippen LogP contribution is 2.35. The quantitative estimate of drug-likeness (QED) is 0.495. The largest absolute Gasteiger partial charge is 0.508 e. The summed E-state index contributed by atoms with van der Waals surface area (Å²) in [6, 6.07) is 3.78. The Morgan fingerprint density at radius 1 is 1.56 bits per heavy atom. The van der Waals surface area contributed by atoms with Crippen LogP contribution in [0.15, 0.2) is 18.2 Å². The fraction of sp³-hybridized carbons (Fsp3) is 0.364. The Balaban J connectivity index is 2.39. The highest BCUT2D eigenvalue weighted by Gasteiger charge is 2.33. The zero-order chi connectivity index (χ0) is 13.3. The third kappa shape index (κ3) is 2.26. The van der Waals surface area contributed by atoms with Crippen LogP contribution in [0.3, 0.4) is 0 Å². The number of carbonyl (C=O) groups is 1. The smallest absolute Gasteiger partial charge is 0.296 e. The third-order valence-electron chi connectivity index (χ3n) is 2.91. The third-order valence-corrected chi connectivity index (χ3v) is 3.43. The second-order valence-corrected chi connectivity index (χ2v) is 4.55. The Kier molecular flexibility index (Phi) is 3.42. The monoisotopic (exact) mass is 268 g/mol. The number of carbonyl (C=O) groups excluding carboxylic acids is 1. The highest BCUT2D eigenvalue weighted by molar-refractivity contribution is 7.80. The van der Waals surface area contributed by atoms with Crippen molar-refractivity contribution in [1.82, 2.24) is 0 Å². The zero-order valence-corrected chi connectivity index (χ0v) is 10.3. The second-order valence-electron chi connectivity index (χ2n) is 4.19. The van der Waals surface area contributed by atoms with E-state index in [2.05, 4.69) is 12.6 Å². The topological polar surface area (TPSA) is 83.7 Å². The molecule has 1 aliphatic rings. The lowest BCUT2D eigenvalue weighted by molar-refractivity contribution is -0.384. The van der Waals surface area contributed by atoms with Crippen molar-refractivity contribution >= 4 is 29.9 Å². The summed E-state index contributed by atoms with van der Waals surface area (Å²) >= 11 is 4.14. The number of phenols is 1. The van der Waals surface area contributed by atoms with Gasteiger partial charge >= 0.3 is 0 Å². The number of benzene rings is 1. The molecule has 1 aliphatic heterocycles. The molecular weight excluding hydrogens is 256 g/mol. The van der Waals surface area contributed by atoms with E-state index in [0.717, 1.165) is 6.07 Å². The summed E-state index contributed by atoms with van der Waals surface area (Å²) < 4.78 is 0. The molecule has 1 unspecified atom stereocenters. The van der Waals surface area contributed by atoms with Crippen molar-refractivity contribution in [2.24, 2.45) is 5.92 Å². The van der Waals surface area contributed by atoms with Gasteiger partial charge in [0.15, 0.2) is 0 Å². The molecule has 1 saturated heterocycles. The molecule has 96 valence electrons. The first kappa shape index (κ1) is 12.7. The van der Waals surface area contributed by atoms with Crippen LogP contribution in [0.25, 0.3) is 0 Å². The van der Waals surface area contributed by atoms with Gasteiger partial charge in [-0.3, -0.25) is 14.9 Å². The van der Waals surface area contributed by atoms with E-state index in [1.807, 2.05) is 0 Å². The fourth-order valence-corrected chi connectivity index (χ4v) is 2.27. The Hall–Kier alpha value is -1.76. The maximum atomic E-state index is 11.8. The van der Waals surface area contributed by atoms with Crippen molar-refractivity contribution in [3.05, 3.63) is 28.3 Å². The molecule has 6 nitrogen and oxygen atoms in total. The van der Waals surface area contributed by atoms with Crippen molar-refractivity contribution in [2.45, 2.75) is 6.42 Å². The molecular formula is C11H12N2O4S. The van der Waals surface area contributed by atoms with Crippen LogP contribution >= 0.6 is 12.6 Å². The number of aromatic hydroxyl groups is 1. The van der Waals surface area contributed by atoms with Gasteiger partial charge in [-0.15, -0.1) is 0 Å². The zero-order valence-electron chi connectivity index (χ0n) is 9.44. The van der Waals surface area contributed by atoms with Crippen LogP contribution in [0.5, 0.6) is 5.75 Å². The molecule has 0 saturated carbocycles. The van der Waals surface area contributed by atoms with Gasteiger partial charge in [0.2, 0.25) is 5.91 Å². The van der Waals surface area contributed by atoms with Gasteiger partial charge in [-0.25, -0.2) is 0 Å². The molecule has 0 aliphatic carbocycles. The van der Waals surface area contributed by atoms with Gasteiger partial charge < -0.3 is 10.0 Å². The molecule has 18 heavy (non-hydrogen) atoms. The van der Waals surface area contributed by atoms with Gasteiger partial charge in [0.05, 0.1) is 11.0 Å². The first-order valence-corrected chi connectivity index (χ1v) is 6.04. The predicted octanol–water partition coefficient (Wildman–Crippen LogP) is 1.58. The number of nitro benzene ring substituents is 1. The van der Waals surface area contributed by atoms with Crippen LogP contribution in [-0.4, -0.2) is 28.2 Å². The number of hydrogen-bond donors (Lipinski definition) is 2. The van der Waals surface area contributed by atoms with E-state index in [-0.39, 0.29) is 28.9 Å². The molecule has 1 fully saturated rings. The number of nitro groups is 1. The minimum absolute atomic E-state index is 0.106. The Bertz CT molecular complexity index is 506. The van der Waals surface area contributed by atoms with E-state index in [4.69, 9.17) is 0 Å². The minimum atomic E-state index is -0.601. The molecule has 1 heterocycles. The summed E-state index contributed by atoms with van der Waals surface area (Å²) in [4.78, 5) is 23.5. The molecule has 2 rings (SSSR count). The lowest BCUT2D eigenvalue weighted by Gasteiger charge is -2.16. The summed E-state index contributed by atoms with van der Waals surface area (Å²) in [5.41, 5.74) is -0.0322. The van der Waals surface area contributed by atoms with E-state index in [9.17, 15) is 20.0 Å².